The highest BCUT2D eigenvalue weighted by molar-refractivity contribution is 7.92. The number of sulfonamides is 1. The molecule has 1 aliphatic carbocycles. The number of hydrogen-bond donors (Lipinski definition) is 1. The van der Waals surface area contributed by atoms with Crippen LogP contribution in [0.3, 0.4) is 0 Å². The Balaban J connectivity index is 1.24. The molecule has 3 aliphatic heterocycles. The third kappa shape index (κ3) is 4.89. The van der Waals surface area contributed by atoms with Crippen LogP contribution in [0.1, 0.15) is 56.6 Å². The van der Waals surface area contributed by atoms with Crippen LogP contribution in [-0.2, 0) is 19.6 Å². The summed E-state index contributed by atoms with van der Waals surface area (Å²) in [6, 6.07) is 4.66. The molecular formula is C27H35N5O5S. The van der Waals surface area contributed by atoms with E-state index in [4.69, 9.17) is 4.99 Å². The molecule has 1 aromatic rings. The molecule has 1 saturated carbocycles. The van der Waals surface area contributed by atoms with Crippen molar-refractivity contribution >= 4 is 45.5 Å². The third-order valence-corrected chi connectivity index (χ3v) is 9.95. The summed E-state index contributed by atoms with van der Waals surface area (Å²) >= 11 is 0. The number of nitrogens with one attached hydrogen (secondary N) is 1. The largest absolute Gasteiger partial charge is 0.331 e. The molecule has 0 aromatic heterocycles. The summed E-state index contributed by atoms with van der Waals surface area (Å²) in [7, 11) is -2.14. The van der Waals surface area contributed by atoms with Crippen molar-refractivity contribution < 1.29 is 22.8 Å². The van der Waals surface area contributed by atoms with Crippen molar-refractivity contribution in [1.29, 1.82) is 0 Å². The van der Waals surface area contributed by atoms with Gasteiger partial charge in [-0.2, -0.15) is 4.31 Å². The summed E-state index contributed by atoms with van der Waals surface area (Å²) in [5.74, 6) is 1.39. The van der Waals surface area contributed by atoms with Crippen molar-refractivity contribution in [3.63, 3.8) is 0 Å². The van der Waals surface area contributed by atoms with Crippen molar-refractivity contribution in [3.8, 4) is 0 Å². The van der Waals surface area contributed by atoms with Crippen LogP contribution in [0.2, 0.25) is 0 Å². The summed E-state index contributed by atoms with van der Waals surface area (Å²) in [6.45, 7) is 4.54. The zero-order valence-electron chi connectivity index (χ0n) is 22.1. The number of carbonyl (C=O) groups is 3. The third-order valence-electron chi connectivity index (χ3n) is 8.38. The zero-order valence-corrected chi connectivity index (χ0v) is 23.0. The van der Waals surface area contributed by atoms with E-state index in [0.717, 1.165) is 42.0 Å². The number of urea groups is 1. The molecule has 2 saturated heterocycles. The minimum Gasteiger partial charge on any atom is -0.318 e. The number of carbonyl (C=O) groups excluding carboxylic acids is 3. The highest BCUT2D eigenvalue weighted by atomic mass is 32.2. The summed E-state index contributed by atoms with van der Waals surface area (Å²) in [4.78, 5) is 44.7. The van der Waals surface area contributed by atoms with Gasteiger partial charge in [0.25, 0.3) is 11.8 Å². The molecule has 4 aliphatic rings. The number of aryl methyl sites for hydroxylation is 1. The van der Waals surface area contributed by atoms with Gasteiger partial charge in [-0.05, 0) is 67.9 Å². The van der Waals surface area contributed by atoms with Crippen molar-refractivity contribution in [1.82, 2.24) is 14.5 Å². The van der Waals surface area contributed by atoms with Gasteiger partial charge in [0.15, 0.2) is 0 Å². The van der Waals surface area contributed by atoms with Crippen LogP contribution in [-0.4, -0.2) is 73.5 Å². The first-order valence-electron chi connectivity index (χ1n) is 13.3. The Bertz CT molecular complexity index is 1320. The number of nitrogens with zero attached hydrogens (tertiary/aromatic N) is 4. The molecule has 0 bridgehead atoms. The normalized spacial score (nSPS) is 26.5. The number of likely N-dealkylation sites (N-methyl/N-ethyl adjacent to an activating group) is 1. The van der Waals surface area contributed by atoms with Crippen molar-refractivity contribution in [2.24, 2.45) is 16.8 Å². The number of aliphatic imine (C=N–C) groups is 1. The maximum Gasteiger partial charge on any atom is 0.331 e. The number of piperidine rings is 1. The molecule has 38 heavy (non-hydrogen) atoms. The van der Waals surface area contributed by atoms with Crippen molar-refractivity contribution in [2.75, 3.05) is 31.6 Å². The average Bonchev–Trinajstić information content (AvgIpc) is 3.33. The Morgan fingerprint density at radius 1 is 1.08 bits per heavy atom. The number of benzene rings is 1. The predicted molar refractivity (Wildman–Crippen MR) is 145 cm³/mol. The van der Waals surface area contributed by atoms with E-state index in [-0.39, 0.29) is 43.4 Å². The topological polar surface area (TPSA) is 119 Å². The highest BCUT2D eigenvalue weighted by Gasteiger charge is 2.48. The van der Waals surface area contributed by atoms with E-state index in [0.29, 0.717) is 30.0 Å². The molecule has 10 nitrogen and oxygen atoms in total. The van der Waals surface area contributed by atoms with Crippen molar-refractivity contribution in [2.45, 2.75) is 57.9 Å². The maximum atomic E-state index is 13.1. The fourth-order valence-corrected chi connectivity index (χ4v) is 7.00. The lowest BCUT2D eigenvalue weighted by Gasteiger charge is -2.34. The molecule has 1 N–H and O–H groups in total. The number of imide groups is 1. The fourth-order valence-electron chi connectivity index (χ4n) is 5.82. The van der Waals surface area contributed by atoms with Gasteiger partial charge in [0.05, 0.1) is 5.69 Å². The molecule has 204 valence electrons. The molecule has 3 heterocycles. The molecular weight excluding hydrogens is 506 g/mol. The van der Waals surface area contributed by atoms with Gasteiger partial charge in [-0.15, -0.1) is 0 Å². The first-order chi connectivity index (χ1) is 18.0. The van der Waals surface area contributed by atoms with Gasteiger partial charge in [-0.25, -0.2) is 18.1 Å². The molecule has 1 aromatic carbocycles. The lowest BCUT2D eigenvalue weighted by molar-refractivity contribution is -0.125. The SMILES string of the molecule is Cc1cc(N2C(=O)CN(C)C2=O)ccc1/C=C/S(=O)(=O)N1CCC2(CC1)N=C(C1CCC(C)CC1)NC2=O. The molecule has 3 fully saturated rings. The number of hydrogen-bond acceptors (Lipinski definition) is 6. The van der Waals surface area contributed by atoms with E-state index >= 15 is 0 Å². The van der Waals surface area contributed by atoms with Gasteiger partial charge in [-0.1, -0.05) is 25.8 Å². The summed E-state index contributed by atoms with van der Waals surface area (Å²) in [5, 5.41) is 4.20. The monoisotopic (exact) mass is 541 g/mol. The quantitative estimate of drug-likeness (QED) is 0.575. The second-order valence-corrected chi connectivity index (χ2v) is 12.9. The molecule has 4 amide bonds. The number of anilines is 1. The Hall–Kier alpha value is -3.05. The van der Waals surface area contributed by atoms with Crippen LogP contribution in [0.5, 0.6) is 0 Å². The standard InChI is InChI=1S/C27H35N5O5S/c1-18-4-6-21(7-5-18)24-28-25(34)27(29-24)11-13-31(14-12-27)38(36,37)15-10-20-8-9-22(16-19(20)2)32-23(33)17-30(3)26(32)35/h8-10,15-16,18,21H,4-7,11-14,17H2,1-3H3,(H,28,29,34)/b15-10+. The molecule has 11 heteroatoms. The predicted octanol–water partition coefficient (Wildman–Crippen LogP) is 2.88. The first-order valence-corrected chi connectivity index (χ1v) is 14.8. The van der Waals surface area contributed by atoms with Crippen LogP contribution in [0.15, 0.2) is 28.6 Å². The van der Waals surface area contributed by atoms with E-state index in [9.17, 15) is 22.8 Å². The van der Waals surface area contributed by atoms with Crippen LogP contribution in [0.4, 0.5) is 10.5 Å². The van der Waals surface area contributed by atoms with E-state index < -0.39 is 15.6 Å². The minimum atomic E-state index is -3.71. The van der Waals surface area contributed by atoms with Crippen molar-refractivity contribution in [3.05, 3.63) is 34.7 Å². The Kier molecular flexibility index (Phi) is 6.93. The van der Waals surface area contributed by atoms with Gasteiger partial charge in [0.2, 0.25) is 10.0 Å². The number of amidine groups is 1. The van der Waals surface area contributed by atoms with Gasteiger partial charge in [0, 0.05) is 31.5 Å². The molecule has 5 rings (SSSR count). The van der Waals surface area contributed by atoms with Gasteiger partial charge < -0.3 is 10.2 Å². The molecule has 0 radical (unpaired) electrons. The van der Waals surface area contributed by atoms with Gasteiger partial charge in [-0.3, -0.25) is 14.6 Å². The van der Waals surface area contributed by atoms with E-state index in [1.54, 1.807) is 32.2 Å². The number of amides is 4. The Morgan fingerprint density at radius 2 is 1.76 bits per heavy atom. The van der Waals surface area contributed by atoms with E-state index in [1.807, 2.05) is 0 Å². The Labute approximate surface area is 223 Å². The molecule has 0 unspecified atom stereocenters. The van der Waals surface area contributed by atoms with Crippen LogP contribution in [0.25, 0.3) is 6.08 Å². The second-order valence-electron chi connectivity index (χ2n) is 11.1. The highest BCUT2D eigenvalue weighted by Crippen LogP contribution is 2.36. The Morgan fingerprint density at radius 3 is 2.37 bits per heavy atom. The second kappa shape index (κ2) is 9.92. The first kappa shape index (κ1) is 26.6. The zero-order chi connectivity index (χ0) is 27.2. The fraction of sp³-hybridized carbons (Fsp3) is 0.556. The molecule has 1 spiro atoms. The van der Waals surface area contributed by atoms with Crippen LogP contribution < -0.4 is 10.2 Å². The summed E-state index contributed by atoms with van der Waals surface area (Å²) in [5.41, 5.74) is 1.01. The van der Waals surface area contributed by atoms with E-state index in [2.05, 4.69) is 12.2 Å². The average molecular weight is 542 g/mol. The van der Waals surface area contributed by atoms with Gasteiger partial charge in [0.1, 0.15) is 17.9 Å². The van der Waals surface area contributed by atoms with Crippen LogP contribution in [0, 0.1) is 18.8 Å². The number of rotatable bonds is 5. The van der Waals surface area contributed by atoms with E-state index in [1.165, 1.54) is 20.7 Å². The van der Waals surface area contributed by atoms with Gasteiger partial charge >= 0.3 is 6.03 Å². The van der Waals surface area contributed by atoms with Crippen LogP contribution >= 0.6 is 0 Å². The minimum absolute atomic E-state index is 0.0308. The lowest BCUT2D eigenvalue weighted by atomic mass is 9.82. The lowest BCUT2D eigenvalue weighted by Crippen LogP contribution is -2.50. The summed E-state index contributed by atoms with van der Waals surface area (Å²) < 4.78 is 27.6. The molecule has 0 atom stereocenters. The summed E-state index contributed by atoms with van der Waals surface area (Å²) in [6.07, 6.45) is 6.59. The smallest absolute Gasteiger partial charge is 0.318 e. The maximum absolute atomic E-state index is 13.1.